The van der Waals surface area contributed by atoms with E-state index >= 15 is 0 Å². The van der Waals surface area contributed by atoms with Crippen molar-refractivity contribution < 1.29 is 28.9 Å². The summed E-state index contributed by atoms with van der Waals surface area (Å²) < 4.78 is 0. The van der Waals surface area contributed by atoms with Crippen molar-refractivity contribution in [2.24, 2.45) is 0 Å². The lowest BCUT2D eigenvalue weighted by Gasteiger charge is -2.28. The summed E-state index contributed by atoms with van der Waals surface area (Å²) >= 11 is 0. The summed E-state index contributed by atoms with van der Waals surface area (Å²) in [4.78, 5) is 52.1. The second-order valence-corrected chi connectivity index (χ2v) is 5.45. The van der Waals surface area contributed by atoms with E-state index in [9.17, 15) is 14.4 Å². The van der Waals surface area contributed by atoms with Crippen molar-refractivity contribution in [2.45, 2.75) is 46.5 Å². The molecule has 26 heavy (non-hydrogen) atoms. The third kappa shape index (κ3) is 4.50. The van der Waals surface area contributed by atoms with Gasteiger partial charge in [-0.25, -0.2) is 14.4 Å². The van der Waals surface area contributed by atoms with Crippen molar-refractivity contribution in [1.82, 2.24) is 10.8 Å². The van der Waals surface area contributed by atoms with Gasteiger partial charge in [-0.1, -0.05) is 42.8 Å². The molecule has 2 rings (SSSR count). The number of hydroxylamine groups is 2. The number of aryl methyl sites for hydroxylation is 2. The zero-order valence-corrected chi connectivity index (χ0v) is 15.1. The van der Waals surface area contributed by atoms with E-state index in [1.165, 1.54) is 0 Å². The van der Waals surface area contributed by atoms with Crippen LogP contribution in [0.3, 0.4) is 0 Å². The van der Waals surface area contributed by atoms with Crippen LogP contribution in [0, 0.1) is 0 Å². The first-order valence-corrected chi connectivity index (χ1v) is 8.55. The molecule has 0 aromatic heterocycles. The van der Waals surface area contributed by atoms with E-state index in [4.69, 9.17) is 14.5 Å². The van der Waals surface area contributed by atoms with Gasteiger partial charge in [0.05, 0.1) is 25.1 Å². The molecule has 142 valence electrons. The molecule has 1 N–H and O–H groups in total. The Balaban J connectivity index is 2.50. The molecule has 2 amide bonds. The molecular weight excluding hydrogens is 342 g/mol. The van der Waals surface area contributed by atoms with Crippen LogP contribution in [0.1, 0.15) is 44.7 Å². The molecule has 0 atom stereocenters. The number of hydrazine groups is 1. The van der Waals surface area contributed by atoms with Gasteiger partial charge in [-0.15, -0.1) is 5.06 Å². The van der Waals surface area contributed by atoms with Gasteiger partial charge in [0.15, 0.2) is 0 Å². The summed E-state index contributed by atoms with van der Waals surface area (Å²) in [6.45, 7) is 5.76. The Morgan fingerprint density at radius 3 is 2.12 bits per heavy atom. The number of benzene rings is 1. The normalized spacial score (nSPS) is 15.9. The van der Waals surface area contributed by atoms with E-state index in [1.54, 1.807) is 6.92 Å². The Kier molecular flexibility index (Phi) is 6.93. The van der Waals surface area contributed by atoms with Gasteiger partial charge < -0.3 is 9.68 Å². The van der Waals surface area contributed by atoms with Crippen LogP contribution in [0.2, 0.25) is 0 Å². The maximum absolute atomic E-state index is 12.9. The summed E-state index contributed by atoms with van der Waals surface area (Å²) in [5.74, 6) is -1.47. The van der Waals surface area contributed by atoms with E-state index in [0.717, 1.165) is 16.2 Å². The predicted octanol–water partition coefficient (Wildman–Crippen LogP) is 2.21. The van der Waals surface area contributed by atoms with Crippen molar-refractivity contribution in [1.29, 1.82) is 0 Å². The largest absolute Gasteiger partial charge is 0.408 e. The number of amides is 2. The molecule has 1 saturated heterocycles. The number of urea groups is 1. The molecule has 9 nitrogen and oxygen atoms in total. The number of hydrogen-bond donors (Lipinski definition) is 1. The van der Waals surface area contributed by atoms with Crippen molar-refractivity contribution in [3.63, 3.8) is 0 Å². The molecular formula is C17H23N3O6. The van der Waals surface area contributed by atoms with Crippen molar-refractivity contribution in [3.8, 4) is 0 Å². The smallest absolute Gasteiger partial charge is 0.332 e. The number of nitrogens with zero attached hydrogens (tertiary/aromatic N) is 2. The topological polar surface area (TPSA) is 97.4 Å². The Morgan fingerprint density at radius 2 is 1.58 bits per heavy atom. The van der Waals surface area contributed by atoms with Gasteiger partial charge in [0.25, 0.3) is 0 Å². The van der Waals surface area contributed by atoms with Gasteiger partial charge in [0.1, 0.15) is 0 Å². The van der Waals surface area contributed by atoms with Gasteiger partial charge in [-0.05, 0) is 30.9 Å². The fourth-order valence-corrected chi connectivity index (χ4v) is 2.46. The highest BCUT2D eigenvalue weighted by Gasteiger charge is 2.34. The lowest BCUT2D eigenvalue weighted by atomic mass is 10.0. The summed E-state index contributed by atoms with van der Waals surface area (Å²) in [5, 5.41) is 1.38. The maximum atomic E-state index is 12.9. The summed E-state index contributed by atoms with van der Waals surface area (Å²) in [7, 11) is 0. The minimum atomic E-state index is -0.905. The molecule has 1 aliphatic rings. The highest BCUT2D eigenvalue weighted by Crippen LogP contribution is 2.29. The van der Waals surface area contributed by atoms with E-state index in [0.29, 0.717) is 23.7 Å². The van der Waals surface area contributed by atoms with Crippen LogP contribution in [0.4, 0.5) is 10.5 Å². The lowest BCUT2D eigenvalue weighted by Crippen LogP contribution is -2.51. The Hall–Kier alpha value is -2.65. The average Bonchev–Trinajstić information content (AvgIpc) is 2.70. The number of carbonyl (C=O) groups excluding carboxylic acids is 3. The first-order chi connectivity index (χ1) is 12.5. The Labute approximate surface area is 151 Å². The summed E-state index contributed by atoms with van der Waals surface area (Å²) in [6, 6.07) is 4.65. The first-order valence-electron chi connectivity index (χ1n) is 8.55. The van der Waals surface area contributed by atoms with Gasteiger partial charge >= 0.3 is 18.0 Å². The lowest BCUT2D eigenvalue weighted by molar-refractivity contribution is -0.230. The standard InChI is InChI=1S/C17H23N3O6/c1-4-12-8-7-9-13(5-2)16(12)19-17(23)20(18-24-6-3)26-15(22)11-10-14(21)25-19/h7-9,18H,4-6,10-11H2,1-3H3. The van der Waals surface area contributed by atoms with Gasteiger partial charge in [0.2, 0.25) is 0 Å². The molecule has 0 aliphatic carbocycles. The maximum Gasteiger partial charge on any atom is 0.408 e. The molecule has 0 radical (unpaired) electrons. The van der Waals surface area contributed by atoms with Crippen LogP contribution in [-0.2, 0) is 36.9 Å². The summed E-state index contributed by atoms with van der Waals surface area (Å²) in [5.41, 5.74) is 4.32. The molecule has 1 aliphatic heterocycles. The molecule has 1 fully saturated rings. The molecule has 9 heteroatoms. The molecule has 0 spiro atoms. The zero-order chi connectivity index (χ0) is 19.1. The number of anilines is 1. The van der Waals surface area contributed by atoms with E-state index in [2.05, 4.69) is 5.59 Å². The monoisotopic (exact) mass is 365 g/mol. The molecule has 1 aromatic rings. The van der Waals surface area contributed by atoms with E-state index in [1.807, 2.05) is 32.0 Å². The SMILES string of the molecule is CCONN1OC(=O)CCC(=O)ON(c2c(CC)cccc2CC)C1=O. The second-order valence-electron chi connectivity index (χ2n) is 5.45. The van der Waals surface area contributed by atoms with Crippen LogP contribution in [0.5, 0.6) is 0 Å². The third-order valence-electron chi connectivity index (χ3n) is 3.73. The van der Waals surface area contributed by atoms with Gasteiger partial charge in [-0.3, -0.25) is 4.84 Å². The van der Waals surface area contributed by atoms with Crippen molar-refractivity contribution in [3.05, 3.63) is 29.3 Å². The van der Waals surface area contributed by atoms with Gasteiger partial charge in [-0.2, -0.15) is 0 Å². The van der Waals surface area contributed by atoms with Crippen LogP contribution in [0.15, 0.2) is 18.2 Å². The van der Waals surface area contributed by atoms with Crippen LogP contribution in [-0.4, -0.2) is 29.7 Å². The molecule has 1 heterocycles. The predicted molar refractivity (Wildman–Crippen MR) is 91.1 cm³/mol. The fraction of sp³-hybridized carbons (Fsp3) is 0.471. The Morgan fingerprint density at radius 1 is 1.00 bits per heavy atom. The number of hydrogen-bond acceptors (Lipinski definition) is 7. The second kappa shape index (κ2) is 9.16. The quantitative estimate of drug-likeness (QED) is 0.772. The minimum absolute atomic E-state index is 0.208. The van der Waals surface area contributed by atoms with Gasteiger partial charge in [0, 0.05) is 0 Å². The minimum Gasteiger partial charge on any atom is -0.332 e. The summed E-state index contributed by atoms with van der Waals surface area (Å²) in [6.07, 6.45) is 0.799. The van der Waals surface area contributed by atoms with Crippen molar-refractivity contribution in [2.75, 3.05) is 11.7 Å². The van der Waals surface area contributed by atoms with E-state index in [-0.39, 0.29) is 19.4 Å². The third-order valence-corrected chi connectivity index (χ3v) is 3.73. The number of rotatable bonds is 6. The molecule has 0 saturated carbocycles. The number of carbonyl (C=O) groups is 3. The molecule has 0 bridgehead atoms. The van der Waals surface area contributed by atoms with Crippen molar-refractivity contribution >= 4 is 23.7 Å². The van der Waals surface area contributed by atoms with Crippen LogP contribution in [0.25, 0.3) is 0 Å². The highest BCUT2D eigenvalue weighted by molar-refractivity contribution is 5.94. The van der Waals surface area contributed by atoms with Crippen LogP contribution >= 0.6 is 0 Å². The Bertz CT molecular complexity index is 656. The molecule has 1 aromatic carbocycles. The van der Waals surface area contributed by atoms with E-state index < -0.39 is 18.0 Å². The fourth-order valence-electron chi connectivity index (χ4n) is 2.46. The average molecular weight is 365 g/mol. The number of nitrogens with one attached hydrogen (secondary N) is 1. The van der Waals surface area contributed by atoms with Crippen LogP contribution < -0.4 is 10.7 Å². The zero-order valence-electron chi connectivity index (χ0n) is 15.1. The highest BCUT2D eigenvalue weighted by atomic mass is 16.8. The first kappa shape index (κ1) is 19.7. The number of para-hydroxylation sites is 1. The molecule has 0 unspecified atom stereocenters.